The fraction of sp³-hybridized carbons (Fsp3) is 0.650. The minimum absolute atomic E-state index is 0.0418. The van der Waals surface area contributed by atoms with E-state index in [2.05, 4.69) is 29.0 Å². The molecule has 29 heavy (non-hydrogen) atoms. The van der Waals surface area contributed by atoms with Gasteiger partial charge in [-0.25, -0.2) is 14.8 Å². The number of alkyl halides is 2. The molecule has 2 aliphatic carbocycles. The van der Waals surface area contributed by atoms with E-state index in [9.17, 15) is 13.6 Å². The molecule has 6 nitrogen and oxygen atoms in total. The van der Waals surface area contributed by atoms with E-state index in [0.29, 0.717) is 30.1 Å². The van der Waals surface area contributed by atoms with Gasteiger partial charge in [0.25, 0.3) is 0 Å². The molecule has 9 heteroatoms. The molecule has 1 fully saturated rings. The van der Waals surface area contributed by atoms with Crippen molar-refractivity contribution >= 4 is 27.5 Å². The molecule has 4 rings (SSSR count). The summed E-state index contributed by atoms with van der Waals surface area (Å²) in [7, 11) is 4.17. The lowest BCUT2D eigenvalue weighted by Gasteiger charge is -2.32. The summed E-state index contributed by atoms with van der Waals surface area (Å²) in [6, 6.07) is 0.549. The first kappa shape index (κ1) is 20.4. The van der Waals surface area contributed by atoms with Gasteiger partial charge in [-0.05, 0) is 64.1 Å². The summed E-state index contributed by atoms with van der Waals surface area (Å²) in [5.41, 5.74) is 0.767. The number of aryl methyl sites for hydroxylation is 1. The van der Waals surface area contributed by atoms with E-state index in [4.69, 9.17) is 9.84 Å². The van der Waals surface area contributed by atoms with E-state index in [1.807, 2.05) is 0 Å². The minimum Gasteiger partial charge on any atom is -0.477 e. The highest BCUT2D eigenvalue weighted by Gasteiger charge is 2.44. The Hall–Kier alpha value is -1.87. The lowest BCUT2D eigenvalue weighted by atomic mass is 9.92. The molecular weight excluding hydrogens is 400 g/mol. The molecule has 0 spiro atoms. The summed E-state index contributed by atoms with van der Waals surface area (Å²) in [5.74, 6) is -5.90. The van der Waals surface area contributed by atoms with E-state index >= 15 is 0 Å². The number of aliphatic carboxylic acids is 1. The van der Waals surface area contributed by atoms with Crippen molar-refractivity contribution in [2.45, 2.75) is 68.9 Å². The zero-order valence-electron chi connectivity index (χ0n) is 16.5. The monoisotopic (exact) mass is 425 g/mol. The van der Waals surface area contributed by atoms with Crippen molar-refractivity contribution in [3.63, 3.8) is 0 Å². The van der Waals surface area contributed by atoms with Crippen LogP contribution in [0.3, 0.4) is 0 Å². The Labute approximate surface area is 171 Å². The van der Waals surface area contributed by atoms with Crippen LogP contribution in [0.1, 0.15) is 54.9 Å². The summed E-state index contributed by atoms with van der Waals surface area (Å²) < 4.78 is 34.1. The molecule has 1 N–H and O–H groups in total. The van der Waals surface area contributed by atoms with Crippen LogP contribution in [-0.2, 0) is 11.2 Å². The van der Waals surface area contributed by atoms with E-state index in [1.165, 1.54) is 17.7 Å². The topological polar surface area (TPSA) is 75.5 Å². The van der Waals surface area contributed by atoms with Crippen LogP contribution in [-0.4, -0.2) is 58.1 Å². The number of thiophene rings is 1. The number of hydrogen-bond donors (Lipinski definition) is 1. The summed E-state index contributed by atoms with van der Waals surface area (Å²) in [6.07, 6.45) is 5.89. The predicted octanol–water partition coefficient (Wildman–Crippen LogP) is 4.08. The molecule has 0 aliphatic heterocycles. The lowest BCUT2D eigenvalue weighted by molar-refractivity contribution is -0.166. The molecule has 1 atom stereocenters. The number of halogens is 2. The summed E-state index contributed by atoms with van der Waals surface area (Å²) in [4.78, 5) is 23.5. The normalized spacial score (nSPS) is 24.8. The average Bonchev–Trinajstić information content (AvgIpc) is 3.22. The van der Waals surface area contributed by atoms with Crippen molar-refractivity contribution in [2.75, 3.05) is 14.1 Å². The van der Waals surface area contributed by atoms with Crippen LogP contribution in [0, 0.1) is 0 Å². The van der Waals surface area contributed by atoms with Gasteiger partial charge in [0.2, 0.25) is 5.88 Å². The van der Waals surface area contributed by atoms with Gasteiger partial charge in [0, 0.05) is 17.3 Å². The fourth-order valence-corrected chi connectivity index (χ4v) is 5.80. The van der Waals surface area contributed by atoms with Gasteiger partial charge in [-0.1, -0.05) is 0 Å². The second kappa shape index (κ2) is 7.75. The number of nitrogens with zero attached hydrogens (tertiary/aromatic N) is 3. The van der Waals surface area contributed by atoms with Gasteiger partial charge in [0.1, 0.15) is 17.3 Å². The van der Waals surface area contributed by atoms with Crippen molar-refractivity contribution in [1.29, 1.82) is 0 Å². The minimum atomic E-state index is -3.75. The van der Waals surface area contributed by atoms with Crippen molar-refractivity contribution in [2.24, 2.45) is 0 Å². The number of ether oxygens (including phenoxy) is 1. The third-order valence-corrected chi connectivity index (χ3v) is 7.34. The van der Waals surface area contributed by atoms with Crippen molar-refractivity contribution in [1.82, 2.24) is 14.9 Å². The van der Waals surface area contributed by atoms with Gasteiger partial charge in [0.05, 0.1) is 5.39 Å². The highest BCUT2D eigenvalue weighted by atomic mass is 32.1. The smallest absolute Gasteiger partial charge is 0.374 e. The molecule has 0 unspecified atom stereocenters. The van der Waals surface area contributed by atoms with E-state index in [0.717, 1.165) is 41.0 Å². The van der Waals surface area contributed by atoms with Crippen LogP contribution in [0.5, 0.6) is 5.88 Å². The molecule has 158 valence electrons. The Morgan fingerprint density at radius 3 is 2.66 bits per heavy atom. The average molecular weight is 426 g/mol. The maximum Gasteiger partial charge on any atom is 0.374 e. The standard InChI is InChI=1S/C20H25F2N3O3S/c1-25(2)12-4-6-13(7-5-12)28-17-16-15-11(9-20(21,22)19(26)27)3-8-14(15)29-18(16)24-10-23-17/h10-13H,3-9H2,1-2H3,(H,26,27)/t11-,12-,13-/m1/s1. The number of rotatable bonds is 6. The van der Waals surface area contributed by atoms with Crippen molar-refractivity contribution in [3.8, 4) is 5.88 Å². The zero-order valence-corrected chi connectivity index (χ0v) is 17.3. The maximum atomic E-state index is 13.9. The van der Waals surface area contributed by atoms with Crippen LogP contribution >= 0.6 is 11.3 Å². The summed E-state index contributed by atoms with van der Waals surface area (Å²) >= 11 is 1.47. The summed E-state index contributed by atoms with van der Waals surface area (Å²) in [5, 5.41) is 9.54. The van der Waals surface area contributed by atoms with Crippen LogP contribution in [0.4, 0.5) is 8.78 Å². The molecule has 2 aromatic rings. The highest BCUT2D eigenvalue weighted by molar-refractivity contribution is 7.19. The molecule has 0 saturated heterocycles. The first-order chi connectivity index (χ1) is 13.8. The number of carboxylic acid groups (broad SMARTS) is 1. The predicted molar refractivity (Wildman–Crippen MR) is 106 cm³/mol. The van der Waals surface area contributed by atoms with Crippen LogP contribution in [0.2, 0.25) is 0 Å². The van der Waals surface area contributed by atoms with Gasteiger partial charge in [-0.3, -0.25) is 0 Å². The molecule has 0 radical (unpaired) electrons. The van der Waals surface area contributed by atoms with Crippen LogP contribution < -0.4 is 4.74 Å². The molecule has 0 aromatic carbocycles. The number of fused-ring (bicyclic) bond motifs is 3. The van der Waals surface area contributed by atoms with E-state index < -0.39 is 24.2 Å². The van der Waals surface area contributed by atoms with Crippen LogP contribution in [0.15, 0.2) is 6.33 Å². The first-order valence-electron chi connectivity index (χ1n) is 9.97. The highest BCUT2D eigenvalue weighted by Crippen LogP contribution is 2.49. The van der Waals surface area contributed by atoms with Crippen LogP contribution in [0.25, 0.3) is 10.2 Å². The van der Waals surface area contributed by atoms with Gasteiger partial charge < -0.3 is 14.7 Å². The Kier molecular flexibility index (Phi) is 5.46. The molecule has 2 aromatic heterocycles. The van der Waals surface area contributed by atoms with Gasteiger partial charge >= 0.3 is 11.9 Å². The largest absolute Gasteiger partial charge is 0.477 e. The number of aromatic nitrogens is 2. The van der Waals surface area contributed by atoms with E-state index in [-0.39, 0.29) is 6.10 Å². The Morgan fingerprint density at radius 2 is 2.00 bits per heavy atom. The zero-order chi connectivity index (χ0) is 20.8. The van der Waals surface area contributed by atoms with Gasteiger partial charge in [-0.2, -0.15) is 8.78 Å². The molecule has 0 amide bonds. The lowest BCUT2D eigenvalue weighted by Crippen LogP contribution is -2.35. The molecule has 2 heterocycles. The van der Waals surface area contributed by atoms with E-state index in [1.54, 1.807) is 0 Å². The first-order valence-corrected chi connectivity index (χ1v) is 10.8. The molecule has 2 aliphatic rings. The maximum absolute atomic E-state index is 13.9. The number of carboxylic acids is 1. The fourth-order valence-electron chi connectivity index (χ4n) is 4.57. The van der Waals surface area contributed by atoms with Gasteiger partial charge in [0.15, 0.2) is 0 Å². The molecule has 1 saturated carbocycles. The summed E-state index contributed by atoms with van der Waals surface area (Å²) in [6.45, 7) is 0. The van der Waals surface area contributed by atoms with Crippen molar-refractivity contribution < 1.29 is 23.4 Å². The second-order valence-electron chi connectivity index (χ2n) is 8.26. The Morgan fingerprint density at radius 1 is 1.28 bits per heavy atom. The Balaban J connectivity index is 1.60. The van der Waals surface area contributed by atoms with Gasteiger partial charge in [-0.15, -0.1) is 11.3 Å². The third-order valence-electron chi connectivity index (χ3n) is 6.16. The third kappa shape index (κ3) is 3.94. The Bertz CT molecular complexity index is 910. The number of carbonyl (C=O) groups is 1. The van der Waals surface area contributed by atoms with Crippen molar-refractivity contribution in [3.05, 3.63) is 16.8 Å². The quantitative estimate of drug-likeness (QED) is 0.752. The number of hydrogen-bond acceptors (Lipinski definition) is 6. The second-order valence-corrected chi connectivity index (χ2v) is 9.34. The molecular formula is C20H25F2N3O3S. The SMILES string of the molecule is CN(C)[C@H]1CC[C@H](Oc2ncnc3sc4c(c23)[C@@H](CC(F)(F)C(=O)O)CC4)CC1. The molecule has 0 bridgehead atoms.